The molecule has 2 aromatic rings. The summed E-state index contributed by atoms with van der Waals surface area (Å²) in [6, 6.07) is 13.6. The van der Waals surface area contributed by atoms with E-state index in [2.05, 4.69) is 67.2 Å². The highest BCUT2D eigenvalue weighted by Crippen LogP contribution is 2.27. The zero-order valence-electron chi connectivity index (χ0n) is 18.3. The lowest BCUT2D eigenvalue weighted by molar-refractivity contribution is 0.122. The van der Waals surface area contributed by atoms with E-state index in [0.717, 1.165) is 45.4 Å². The second-order valence-corrected chi connectivity index (χ2v) is 8.83. The molecule has 2 fully saturated rings. The van der Waals surface area contributed by atoms with Crippen LogP contribution in [0.25, 0.3) is 0 Å². The van der Waals surface area contributed by atoms with Crippen molar-refractivity contribution >= 4 is 47.0 Å². The van der Waals surface area contributed by atoms with Gasteiger partial charge in [-0.25, -0.2) is 0 Å². The Kier molecular flexibility index (Phi) is 9.89. The van der Waals surface area contributed by atoms with Gasteiger partial charge in [-0.2, -0.15) is 0 Å². The smallest absolute Gasteiger partial charge is 0.191 e. The quantitative estimate of drug-likeness (QED) is 0.310. The summed E-state index contributed by atoms with van der Waals surface area (Å²) >= 11 is 1.85. The van der Waals surface area contributed by atoms with Crippen LogP contribution in [0.3, 0.4) is 0 Å². The molecule has 1 aromatic carbocycles. The van der Waals surface area contributed by atoms with Gasteiger partial charge < -0.3 is 20.3 Å². The average Bonchev–Trinajstić information content (AvgIpc) is 3.52. The lowest BCUT2D eigenvalue weighted by atomic mass is 10.2. The minimum Gasteiger partial charge on any atom is -0.378 e. The normalized spacial score (nSPS) is 18.5. The van der Waals surface area contributed by atoms with E-state index >= 15 is 0 Å². The predicted octanol–water partition coefficient (Wildman–Crippen LogP) is 3.70. The van der Waals surface area contributed by atoms with Crippen molar-refractivity contribution in [2.75, 3.05) is 57.9 Å². The first-order chi connectivity index (χ1) is 14.8. The molecule has 1 unspecified atom stereocenters. The number of morpholine rings is 1. The minimum absolute atomic E-state index is 0. The predicted molar refractivity (Wildman–Crippen MR) is 141 cm³/mol. The van der Waals surface area contributed by atoms with Gasteiger partial charge in [-0.05, 0) is 55.1 Å². The molecular formula is C23H34IN5OS. The number of anilines is 1. The van der Waals surface area contributed by atoms with Crippen molar-refractivity contribution in [3.8, 4) is 0 Å². The Balaban J connectivity index is 0.00000272. The van der Waals surface area contributed by atoms with Crippen LogP contribution < -0.4 is 15.5 Å². The Morgan fingerprint density at radius 1 is 1.06 bits per heavy atom. The van der Waals surface area contributed by atoms with E-state index in [0.29, 0.717) is 6.04 Å². The second-order valence-electron chi connectivity index (χ2n) is 7.85. The fourth-order valence-electron chi connectivity index (χ4n) is 4.19. The van der Waals surface area contributed by atoms with Gasteiger partial charge in [0.1, 0.15) is 0 Å². The molecule has 170 valence electrons. The number of likely N-dealkylation sites (tertiary alicyclic amines) is 1. The van der Waals surface area contributed by atoms with Gasteiger partial charge >= 0.3 is 0 Å². The maximum absolute atomic E-state index is 5.44. The summed E-state index contributed by atoms with van der Waals surface area (Å²) in [5, 5.41) is 9.19. The Morgan fingerprint density at radius 2 is 1.81 bits per heavy atom. The van der Waals surface area contributed by atoms with Crippen molar-refractivity contribution in [2.45, 2.75) is 25.4 Å². The molecule has 1 aromatic heterocycles. The number of hydrogen-bond acceptors (Lipinski definition) is 5. The highest BCUT2D eigenvalue weighted by Gasteiger charge is 2.24. The van der Waals surface area contributed by atoms with E-state index in [4.69, 9.17) is 4.74 Å². The zero-order chi connectivity index (χ0) is 20.6. The molecule has 2 N–H and O–H groups in total. The summed E-state index contributed by atoms with van der Waals surface area (Å²) in [7, 11) is 1.84. The number of thiophene rings is 1. The summed E-state index contributed by atoms with van der Waals surface area (Å²) < 4.78 is 5.44. The molecule has 0 bridgehead atoms. The summed E-state index contributed by atoms with van der Waals surface area (Å²) in [5.74, 6) is 0.855. The number of benzene rings is 1. The number of nitrogens with one attached hydrogen (secondary N) is 2. The van der Waals surface area contributed by atoms with Crippen molar-refractivity contribution < 1.29 is 4.74 Å². The summed E-state index contributed by atoms with van der Waals surface area (Å²) in [6.45, 7) is 7.57. The van der Waals surface area contributed by atoms with Crippen LogP contribution in [0.15, 0.2) is 46.8 Å². The third kappa shape index (κ3) is 6.81. The first kappa shape index (κ1) is 24.3. The zero-order valence-corrected chi connectivity index (χ0v) is 21.4. The van der Waals surface area contributed by atoms with Crippen molar-refractivity contribution in [3.63, 3.8) is 0 Å². The Hall–Kier alpha value is -1.36. The van der Waals surface area contributed by atoms with Crippen LogP contribution in [0.5, 0.6) is 0 Å². The molecule has 4 rings (SSSR count). The molecule has 0 spiro atoms. The number of aliphatic imine (C=N–C) groups is 1. The topological polar surface area (TPSA) is 52.1 Å². The number of guanidine groups is 1. The molecule has 1 atom stereocenters. The molecular weight excluding hydrogens is 521 g/mol. The van der Waals surface area contributed by atoms with E-state index in [-0.39, 0.29) is 24.0 Å². The number of hydrogen-bond donors (Lipinski definition) is 2. The molecule has 0 radical (unpaired) electrons. The number of halogens is 1. The fourth-order valence-corrected chi connectivity index (χ4v) is 5.05. The molecule has 8 heteroatoms. The van der Waals surface area contributed by atoms with Gasteiger partial charge in [0, 0.05) is 43.8 Å². The number of rotatable bonds is 7. The van der Waals surface area contributed by atoms with Gasteiger partial charge in [-0.1, -0.05) is 18.2 Å². The first-order valence-corrected chi connectivity index (χ1v) is 11.8. The third-order valence-electron chi connectivity index (χ3n) is 5.91. The molecule has 0 saturated carbocycles. The summed E-state index contributed by atoms with van der Waals surface area (Å²) in [5.41, 5.74) is 2.53. The van der Waals surface area contributed by atoms with Gasteiger partial charge in [-0.15, -0.1) is 35.3 Å². The SMILES string of the molecule is CN=C(NCc1ccc(N2CCOCC2)cc1)NCC(c1cccs1)N1CCCC1.I. The Morgan fingerprint density at radius 3 is 2.45 bits per heavy atom. The van der Waals surface area contributed by atoms with Crippen LogP contribution in [0.2, 0.25) is 0 Å². The minimum atomic E-state index is 0. The number of ether oxygens (including phenoxy) is 1. The molecule has 2 saturated heterocycles. The van der Waals surface area contributed by atoms with Gasteiger partial charge in [-0.3, -0.25) is 9.89 Å². The highest BCUT2D eigenvalue weighted by atomic mass is 127. The fraction of sp³-hybridized carbons (Fsp3) is 0.522. The van der Waals surface area contributed by atoms with E-state index in [1.807, 2.05) is 18.4 Å². The Bertz CT molecular complexity index is 787. The second kappa shape index (κ2) is 12.6. The molecule has 31 heavy (non-hydrogen) atoms. The van der Waals surface area contributed by atoms with Crippen molar-refractivity contribution in [1.29, 1.82) is 0 Å². The van der Waals surface area contributed by atoms with Crippen LogP contribution in [-0.2, 0) is 11.3 Å². The molecule has 0 aliphatic carbocycles. The van der Waals surface area contributed by atoms with Crippen molar-refractivity contribution in [3.05, 3.63) is 52.2 Å². The maximum Gasteiger partial charge on any atom is 0.191 e. The van der Waals surface area contributed by atoms with Crippen molar-refractivity contribution in [1.82, 2.24) is 15.5 Å². The summed E-state index contributed by atoms with van der Waals surface area (Å²) in [4.78, 5) is 10.8. The molecule has 0 amide bonds. The van der Waals surface area contributed by atoms with Gasteiger partial charge in [0.25, 0.3) is 0 Å². The van der Waals surface area contributed by atoms with Gasteiger partial charge in [0.2, 0.25) is 0 Å². The van der Waals surface area contributed by atoms with Crippen LogP contribution in [0, 0.1) is 0 Å². The summed E-state index contributed by atoms with van der Waals surface area (Å²) in [6.07, 6.45) is 2.60. The number of nitrogens with zero attached hydrogens (tertiary/aromatic N) is 3. The van der Waals surface area contributed by atoms with E-state index in [1.165, 1.54) is 42.1 Å². The Labute approximate surface area is 207 Å². The third-order valence-corrected chi connectivity index (χ3v) is 6.89. The molecule has 3 heterocycles. The molecule has 2 aliphatic heterocycles. The average molecular weight is 556 g/mol. The lowest BCUT2D eigenvalue weighted by Gasteiger charge is -2.29. The van der Waals surface area contributed by atoms with Crippen LogP contribution in [0.4, 0.5) is 5.69 Å². The van der Waals surface area contributed by atoms with E-state index in [1.54, 1.807) is 0 Å². The molecule has 2 aliphatic rings. The first-order valence-electron chi connectivity index (χ1n) is 11.0. The van der Waals surface area contributed by atoms with Crippen molar-refractivity contribution in [2.24, 2.45) is 4.99 Å². The van der Waals surface area contributed by atoms with Crippen LogP contribution >= 0.6 is 35.3 Å². The largest absolute Gasteiger partial charge is 0.378 e. The van der Waals surface area contributed by atoms with Gasteiger partial charge in [0.05, 0.1) is 19.3 Å². The van der Waals surface area contributed by atoms with E-state index < -0.39 is 0 Å². The standard InChI is InChI=1S/C23H33N5OS.HI/c1-24-23(26-18-21(22-5-4-16-30-22)28-10-2-3-11-28)25-17-19-6-8-20(9-7-19)27-12-14-29-15-13-27;/h4-9,16,21H,2-3,10-15,17-18H2,1H3,(H2,24,25,26);1H. The van der Waals surface area contributed by atoms with Crippen LogP contribution in [0.1, 0.15) is 29.3 Å². The highest BCUT2D eigenvalue weighted by molar-refractivity contribution is 14.0. The van der Waals surface area contributed by atoms with Crippen LogP contribution in [-0.4, -0.2) is 63.8 Å². The maximum atomic E-state index is 5.44. The van der Waals surface area contributed by atoms with Gasteiger partial charge in [0.15, 0.2) is 5.96 Å². The van der Waals surface area contributed by atoms with E-state index in [9.17, 15) is 0 Å². The lowest BCUT2D eigenvalue weighted by Crippen LogP contribution is -2.42. The molecule has 6 nitrogen and oxygen atoms in total. The monoisotopic (exact) mass is 555 g/mol.